The van der Waals surface area contributed by atoms with Gasteiger partial charge >= 0.3 is 0 Å². The van der Waals surface area contributed by atoms with Crippen molar-refractivity contribution < 1.29 is 4.79 Å². The molecule has 0 spiro atoms. The van der Waals surface area contributed by atoms with Crippen LogP contribution in [0.15, 0.2) is 54.1 Å². The molecule has 1 aliphatic rings. The van der Waals surface area contributed by atoms with Crippen molar-refractivity contribution in [2.75, 3.05) is 0 Å². The van der Waals surface area contributed by atoms with Gasteiger partial charge in [0.15, 0.2) is 0 Å². The van der Waals surface area contributed by atoms with E-state index in [0.29, 0.717) is 6.04 Å². The summed E-state index contributed by atoms with van der Waals surface area (Å²) in [5, 5.41) is 3.10. The summed E-state index contributed by atoms with van der Waals surface area (Å²) in [6, 6.07) is 3.74. The number of Topliss-reactive ketones (excluding diaryl/α,β-unsaturated/α-hetero) is 1. The van der Waals surface area contributed by atoms with E-state index in [1.165, 1.54) is 13.8 Å². The topological polar surface area (TPSA) is 51.1 Å². The molecule has 4 nitrogen and oxygen atoms in total. The van der Waals surface area contributed by atoms with Crippen LogP contribution in [0.3, 0.4) is 0 Å². The van der Waals surface area contributed by atoms with Crippen molar-refractivity contribution in [2.45, 2.75) is 39.7 Å². The van der Waals surface area contributed by atoms with E-state index in [-0.39, 0.29) is 11.3 Å². The first kappa shape index (κ1) is 17.7. The van der Waals surface area contributed by atoms with Gasteiger partial charge in [-0.05, 0) is 45.3 Å². The number of allylic oxidation sites excluding steroid dienone is 1. The summed E-state index contributed by atoms with van der Waals surface area (Å²) in [5.74, 6) is 0.167. The van der Waals surface area contributed by atoms with Crippen LogP contribution in [-0.2, 0) is 4.79 Å². The predicted octanol–water partition coefficient (Wildman–Crippen LogP) is 3.43. The Kier molecular flexibility index (Phi) is 6.11. The Morgan fingerprint density at radius 1 is 1.18 bits per heavy atom. The smallest absolute Gasteiger partial charge is 0.250 e. The molecule has 0 aromatic carbocycles. The molecule has 0 unspecified atom stereocenters. The lowest BCUT2D eigenvalue weighted by Crippen LogP contribution is -2.19. The summed E-state index contributed by atoms with van der Waals surface area (Å²) >= 11 is 0. The minimum absolute atomic E-state index is 0.0489. The first-order chi connectivity index (χ1) is 10.2. The molecule has 118 valence electrons. The van der Waals surface area contributed by atoms with Gasteiger partial charge in [-0.3, -0.25) is 4.79 Å². The molecule has 4 heteroatoms. The van der Waals surface area contributed by atoms with Gasteiger partial charge in [0.25, 0.3) is 5.56 Å². The first-order valence-corrected chi connectivity index (χ1v) is 7.22. The second kappa shape index (κ2) is 7.59. The van der Waals surface area contributed by atoms with Crippen molar-refractivity contribution >= 4 is 11.5 Å². The van der Waals surface area contributed by atoms with Gasteiger partial charge in [-0.1, -0.05) is 19.7 Å². The maximum atomic E-state index is 11.7. The number of carbonyl (C=O) groups is 1. The van der Waals surface area contributed by atoms with Gasteiger partial charge in [-0.2, -0.15) is 0 Å². The van der Waals surface area contributed by atoms with Crippen molar-refractivity contribution in [3.05, 3.63) is 65.3 Å². The molecule has 2 rings (SSSR count). The van der Waals surface area contributed by atoms with Crippen LogP contribution in [0.5, 0.6) is 0 Å². The average Bonchev–Trinajstić information content (AvgIpc) is 3.22. The number of ketones is 1. The molecule has 22 heavy (non-hydrogen) atoms. The molecular formula is C18H24N2O2. The third kappa shape index (κ3) is 5.56. The lowest BCUT2D eigenvalue weighted by atomic mass is 10.2. The number of hydrogen-bond acceptors (Lipinski definition) is 3. The van der Waals surface area contributed by atoms with Crippen LogP contribution < -0.4 is 10.9 Å². The number of pyridine rings is 1. The molecule has 1 aromatic rings. The second-order valence-corrected chi connectivity index (χ2v) is 5.67. The first-order valence-electron chi connectivity index (χ1n) is 7.22. The van der Waals surface area contributed by atoms with Crippen molar-refractivity contribution in [2.24, 2.45) is 0 Å². The number of nitrogens with one attached hydrogen (secondary N) is 1. The molecule has 0 bridgehead atoms. The summed E-state index contributed by atoms with van der Waals surface area (Å²) in [7, 11) is 0. The van der Waals surface area contributed by atoms with Gasteiger partial charge in [0.2, 0.25) is 0 Å². The SMILES string of the molecule is C=C(C)C(=C)NC(=C)c1ccc(=O)n(C2CC2)c1.CC(C)=O. The molecule has 1 aliphatic carbocycles. The standard InChI is InChI=1S/C15H18N2O.C3H6O/c1-10(2)11(3)16-12(4)13-5-8-15(18)17(9-13)14-6-7-14;1-3(2)4/h5,8-9,14,16H,1,3-4,6-7H2,2H3;1-2H3. The monoisotopic (exact) mass is 300 g/mol. The second-order valence-electron chi connectivity index (χ2n) is 5.67. The fraction of sp³-hybridized carbons (Fsp3) is 0.333. The Bertz CT molecular complexity index is 660. The van der Waals surface area contributed by atoms with E-state index in [1.807, 2.05) is 13.1 Å². The highest BCUT2D eigenvalue weighted by atomic mass is 16.1. The van der Waals surface area contributed by atoms with E-state index < -0.39 is 0 Å². The minimum atomic E-state index is 0.0489. The van der Waals surface area contributed by atoms with E-state index in [9.17, 15) is 9.59 Å². The molecule has 1 N–H and O–H groups in total. The molecule has 0 aliphatic heterocycles. The van der Waals surface area contributed by atoms with Gasteiger partial charge in [0.1, 0.15) is 5.78 Å². The number of hydrogen-bond donors (Lipinski definition) is 1. The van der Waals surface area contributed by atoms with Gasteiger partial charge in [0, 0.05) is 35.3 Å². The summed E-state index contributed by atoms with van der Waals surface area (Å²) in [6.45, 7) is 16.6. The fourth-order valence-corrected chi connectivity index (χ4v) is 1.68. The zero-order chi connectivity index (χ0) is 16.9. The van der Waals surface area contributed by atoms with Crippen LogP contribution in [0.1, 0.15) is 45.2 Å². The highest BCUT2D eigenvalue weighted by molar-refractivity contribution is 5.72. The van der Waals surface area contributed by atoms with Crippen LogP contribution >= 0.6 is 0 Å². The Morgan fingerprint density at radius 2 is 1.73 bits per heavy atom. The van der Waals surface area contributed by atoms with Gasteiger partial charge in [0.05, 0.1) is 0 Å². The van der Waals surface area contributed by atoms with Crippen LogP contribution in [-0.4, -0.2) is 10.4 Å². The zero-order valence-electron chi connectivity index (χ0n) is 13.6. The van der Waals surface area contributed by atoms with Crippen LogP contribution in [0.4, 0.5) is 0 Å². The molecule has 1 aromatic heterocycles. The largest absolute Gasteiger partial charge is 0.356 e. The minimum Gasteiger partial charge on any atom is -0.356 e. The van der Waals surface area contributed by atoms with E-state index in [1.54, 1.807) is 16.7 Å². The third-order valence-electron chi connectivity index (χ3n) is 3.04. The highest BCUT2D eigenvalue weighted by Crippen LogP contribution is 2.33. The molecule has 1 heterocycles. The Morgan fingerprint density at radius 3 is 2.18 bits per heavy atom. The van der Waals surface area contributed by atoms with Gasteiger partial charge in [-0.15, -0.1) is 0 Å². The van der Waals surface area contributed by atoms with E-state index in [0.717, 1.165) is 35.4 Å². The van der Waals surface area contributed by atoms with Gasteiger partial charge < -0.3 is 14.7 Å². The Balaban J connectivity index is 0.000000541. The average molecular weight is 300 g/mol. The maximum absolute atomic E-state index is 11.7. The molecule has 0 atom stereocenters. The Hall–Kier alpha value is -2.36. The van der Waals surface area contributed by atoms with Crippen molar-refractivity contribution in [3.8, 4) is 0 Å². The lowest BCUT2D eigenvalue weighted by Gasteiger charge is -2.13. The van der Waals surface area contributed by atoms with E-state index in [2.05, 4.69) is 25.1 Å². The summed E-state index contributed by atoms with van der Waals surface area (Å²) < 4.78 is 1.78. The third-order valence-corrected chi connectivity index (χ3v) is 3.04. The number of carbonyl (C=O) groups excluding carboxylic acids is 1. The Labute approximate surface area is 131 Å². The van der Waals surface area contributed by atoms with E-state index >= 15 is 0 Å². The van der Waals surface area contributed by atoms with Crippen LogP contribution in [0.2, 0.25) is 0 Å². The molecule has 1 saturated carbocycles. The number of nitrogens with zero attached hydrogens (tertiary/aromatic N) is 1. The van der Waals surface area contributed by atoms with Gasteiger partial charge in [-0.25, -0.2) is 0 Å². The molecule has 0 saturated heterocycles. The van der Waals surface area contributed by atoms with Crippen LogP contribution in [0.25, 0.3) is 5.70 Å². The zero-order valence-corrected chi connectivity index (χ0v) is 13.6. The summed E-state index contributed by atoms with van der Waals surface area (Å²) in [5.41, 5.74) is 3.30. The lowest BCUT2D eigenvalue weighted by molar-refractivity contribution is -0.114. The normalized spacial score (nSPS) is 12.7. The highest BCUT2D eigenvalue weighted by Gasteiger charge is 2.24. The molecule has 0 radical (unpaired) electrons. The number of rotatable bonds is 5. The quantitative estimate of drug-likeness (QED) is 0.848. The fourth-order valence-electron chi connectivity index (χ4n) is 1.68. The van der Waals surface area contributed by atoms with Crippen molar-refractivity contribution in [3.63, 3.8) is 0 Å². The summed E-state index contributed by atoms with van der Waals surface area (Å²) in [4.78, 5) is 21.1. The van der Waals surface area contributed by atoms with E-state index in [4.69, 9.17) is 0 Å². The molecular weight excluding hydrogens is 276 g/mol. The molecule has 0 amide bonds. The van der Waals surface area contributed by atoms with Crippen molar-refractivity contribution in [1.82, 2.24) is 9.88 Å². The predicted molar refractivity (Wildman–Crippen MR) is 91.5 cm³/mol. The maximum Gasteiger partial charge on any atom is 0.250 e. The summed E-state index contributed by atoms with van der Waals surface area (Å²) in [6.07, 6.45) is 4.03. The number of aromatic nitrogens is 1. The molecule has 1 fully saturated rings. The van der Waals surface area contributed by atoms with Crippen LogP contribution in [0, 0.1) is 0 Å². The van der Waals surface area contributed by atoms with Crippen molar-refractivity contribution in [1.29, 1.82) is 0 Å².